The van der Waals surface area contributed by atoms with Gasteiger partial charge in [0.2, 0.25) is 5.91 Å². The van der Waals surface area contributed by atoms with Gasteiger partial charge in [0.05, 0.1) is 18.5 Å². The largest absolute Gasteiger partial charge is 0.481 e. The maximum atomic E-state index is 11.8. The van der Waals surface area contributed by atoms with E-state index in [-0.39, 0.29) is 19.4 Å². The van der Waals surface area contributed by atoms with Crippen LogP contribution in [0.4, 0.5) is 5.69 Å². The molecule has 0 fully saturated rings. The number of carboxylic acids is 1. The summed E-state index contributed by atoms with van der Waals surface area (Å²) in [6, 6.07) is 6.93. The quantitative estimate of drug-likeness (QED) is 0.721. The van der Waals surface area contributed by atoms with Crippen molar-refractivity contribution in [1.29, 1.82) is 0 Å². The Bertz CT molecular complexity index is 543. The Morgan fingerprint density at radius 1 is 1.35 bits per heavy atom. The lowest BCUT2D eigenvalue weighted by Gasteiger charge is -2.25. The lowest BCUT2D eigenvalue weighted by Crippen LogP contribution is -2.41. The van der Waals surface area contributed by atoms with Crippen LogP contribution >= 0.6 is 0 Å². The molecule has 0 bridgehead atoms. The first kappa shape index (κ1) is 13.9. The molecule has 2 amide bonds. The monoisotopic (exact) mass is 278 g/mol. The van der Waals surface area contributed by atoms with Gasteiger partial charge in [0, 0.05) is 6.54 Å². The molecule has 1 atom stereocenters. The molecule has 0 spiro atoms. The van der Waals surface area contributed by atoms with Crippen LogP contribution < -0.4 is 15.4 Å². The van der Waals surface area contributed by atoms with Crippen LogP contribution in [0.1, 0.15) is 12.8 Å². The Labute approximate surface area is 114 Å². The average Bonchev–Trinajstić information content (AvgIpc) is 2.39. The van der Waals surface area contributed by atoms with Crippen LogP contribution in [0.15, 0.2) is 24.3 Å². The van der Waals surface area contributed by atoms with Crippen molar-refractivity contribution in [3.8, 4) is 5.75 Å². The fraction of sp³-hybridized carbons (Fsp3) is 0.308. The van der Waals surface area contributed by atoms with Gasteiger partial charge in [-0.15, -0.1) is 0 Å². The Kier molecular flexibility index (Phi) is 4.19. The minimum Gasteiger partial charge on any atom is -0.481 e. The minimum absolute atomic E-state index is 0.0269. The SMILES string of the molecule is O=C(O)CCNC(=O)CC1Oc2ccccc2NC1=O. The molecule has 7 nitrogen and oxygen atoms in total. The molecule has 7 heteroatoms. The van der Waals surface area contributed by atoms with Crippen molar-refractivity contribution in [2.45, 2.75) is 18.9 Å². The molecule has 106 valence electrons. The number of carboxylic acid groups (broad SMARTS) is 1. The highest BCUT2D eigenvalue weighted by Gasteiger charge is 2.29. The molecule has 0 saturated heterocycles. The third-order valence-corrected chi connectivity index (χ3v) is 2.74. The Balaban J connectivity index is 1.89. The average molecular weight is 278 g/mol. The summed E-state index contributed by atoms with van der Waals surface area (Å²) in [6.45, 7) is 0.0269. The van der Waals surface area contributed by atoms with Gasteiger partial charge in [0.1, 0.15) is 5.75 Å². The van der Waals surface area contributed by atoms with Crippen molar-refractivity contribution in [3.63, 3.8) is 0 Å². The topological polar surface area (TPSA) is 105 Å². The van der Waals surface area contributed by atoms with E-state index in [4.69, 9.17) is 9.84 Å². The Hall–Kier alpha value is -2.57. The standard InChI is InChI=1S/C13H14N2O5/c16-11(14-6-5-12(17)18)7-10-13(19)15-8-3-1-2-4-9(8)20-10/h1-4,10H,5-7H2,(H,14,16)(H,15,19)(H,17,18). The van der Waals surface area contributed by atoms with Crippen LogP contribution in [-0.2, 0) is 14.4 Å². The number of hydrogen-bond donors (Lipinski definition) is 3. The predicted octanol–water partition coefficient (Wildman–Crippen LogP) is 0.367. The molecule has 1 aliphatic heterocycles. The second-order valence-electron chi connectivity index (χ2n) is 4.29. The van der Waals surface area contributed by atoms with E-state index in [1.807, 2.05) is 0 Å². The Morgan fingerprint density at radius 3 is 2.85 bits per heavy atom. The van der Waals surface area contributed by atoms with Crippen molar-refractivity contribution in [3.05, 3.63) is 24.3 Å². The van der Waals surface area contributed by atoms with E-state index in [0.717, 1.165) is 0 Å². The molecular formula is C13H14N2O5. The summed E-state index contributed by atoms with van der Waals surface area (Å²) in [6.07, 6.45) is -1.22. The van der Waals surface area contributed by atoms with Crippen LogP contribution in [0.3, 0.4) is 0 Å². The summed E-state index contributed by atoms with van der Waals surface area (Å²) in [4.78, 5) is 33.7. The van der Waals surface area contributed by atoms with Gasteiger partial charge in [0.25, 0.3) is 5.91 Å². The summed E-state index contributed by atoms with van der Waals surface area (Å²) in [5.41, 5.74) is 0.569. The van der Waals surface area contributed by atoms with Crippen LogP contribution in [0, 0.1) is 0 Å². The first-order valence-electron chi connectivity index (χ1n) is 6.11. The van der Waals surface area contributed by atoms with Crippen LogP contribution in [0.5, 0.6) is 5.75 Å². The number of carbonyl (C=O) groups is 3. The number of amides is 2. The molecule has 0 saturated carbocycles. The fourth-order valence-electron chi connectivity index (χ4n) is 1.78. The van der Waals surface area contributed by atoms with E-state index in [0.29, 0.717) is 11.4 Å². The summed E-state index contributed by atoms with van der Waals surface area (Å²) < 4.78 is 5.45. The van der Waals surface area contributed by atoms with Crippen molar-refractivity contribution in [2.24, 2.45) is 0 Å². The van der Waals surface area contributed by atoms with E-state index in [2.05, 4.69) is 10.6 Å². The summed E-state index contributed by atoms with van der Waals surface area (Å²) in [5.74, 6) is -1.30. The first-order valence-corrected chi connectivity index (χ1v) is 6.11. The molecule has 0 radical (unpaired) electrons. The Morgan fingerprint density at radius 2 is 2.10 bits per heavy atom. The third-order valence-electron chi connectivity index (χ3n) is 2.74. The smallest absolute Gasteiger partial charge is 0.305 e. The number of benzene rings is 1. The molecule has 1 aliphatic rings. The lowest BCUT2D eigenvalue weighted by atomic mass is 10.1. The molecule has 1 aromatic carbocycles. The van der Waals surface area contributed by atoms with Gasteiger partial charge in [-0.2, -0.15) is 0 Å². The van der Waals surface area contributed by atoms with Crippen molar-refractivity contribution in [2.75, 3.05) is 11.9 Å². The van der Waals surface area contributed by atoms with E-state index in [9.17, 15) is 14.4 Å². The number of nitrogens with one attached hydrogen (secondary N) is 2. The van der Waals surface area contributed by atoms with Gasteiger partial charge < -0.3 is 20.5 Å². The highest BCUT2D eigenvalue weighted by Crippen LogP contribution is 2.29. The van der Waals surface area contributed by atoms with E-state index in [1.54, 1.807) is 24.3 Å². The normalized spacial score (nSPS) is 16.6. The zero-order chi connectivity index (χ0) is 14.5. The zero-order valence-electron chi connectivity index (χ0n) is 10.6. The predicted molar refractivity (Wildman–Crippen MR) is 69.4 cm³/mol. The van der Waals surface area contributed by atoms with Gasteiger partial charge in [-0.05, 0) is 12.1 Å². The number of hydrogen-bond acceptors (Lipinski definition) is 4. The second-order valence-corrected chi connectivity index (χ2v) is 4.29. The second kappa shape index (κ2) is 6.05. The van der Waals surface area contributed by atoms with Gasteiger partial charge in [-0.1, -0.05) is 12.1 Å². The molecule has 1 aromatic rings. The number of aliphatic carboxylic acids is 1. The number of ether oxygens (including phenoxy) is 1. The van der Waals surface area contributed by atoms with E-state index >= 15 is 0 Å². The zero-order valence-corrected chi connectivity index (χ0v) is 10.6. The number of para-hydroxylation sites is 2. The van der Waals surface area contributed by atoms with Crippen molar-refractivity contribution in [1.82, 2.24) is 5.32 Å². The molecule has 0 aromatic heterocycles. The van der Waals surface area contributed by atoms with Crippen LogP contribution in [-0.4, -0.2) is 35.5 Å². The van der Waals surface area contributed by atoms with E-state index < -0.39 is 23.9 Å². The molecule has 0 aliphatic carbocycles. The van der Waals surface area contributed by atoms with Gasteiger partial charge >= 0.3 is 5.97 Å². The number of rotatable bonds is 5. The molecular weight excluding hydrogens is 264 g/mol. The maximum Gasteiger partial charge on any atom is 0.305 e. The van der Waals surface area contributed by atoms with Gasteiger partial charge in [0.15, 0.2) is 6.10 Å². The highest BCUT2D eigenvalue weighted by atomic mass is 16.5. The van der Waals surface area contributed by atoms with Crippen molar-refractivity contribution < 1.29 is 24.2 Å². The molecule has 1 unspecified atom stereocenters. The van der Waals surface area contributed by atoms with Crippen LogP contribution in [0.25, 0.3) is 0 Å². The molecule has 3 N–H and O–H groups in total. The van der Waals surface area contributed by atoms with Crippen molar-refractivity contribution >= 4 is 23.5 Å². The van der Waals surface area contributed by atoms with Crippen LogP contribution in [0.2, 0.25) is 0 Å². The number of fused-ring (bicyclic) bond motifs is 1. The fourth-order valence-corrected chi connectivity index (χ4v) is 1.78. The number of carbonyl (C=O) groups excluding carboxylic acids is 2. The molecule has 2 rings (SSSR count). The minimum atomic E-state index is -0.995. The highest BCUT2D eigenvalue weighted by molar-refractivity contribution is 5.99. The summed E-state index contributed by atoms with van der Waals surface area (Å²) in [7, 11) is 0. The van der Waals surface area contributed by atoms with E-state index in [1.165, 1.54) is 0 Å². The lowest BCUT2D eigenvalue weighted by molar-refractivity contribution is -0.137. The summed E-state index contributed by atoms with van der Waals surface area (Å²) >= 11 is 0. The van der Waals surface area contributed by atoms with Gasteiger partial charge in [-0.25, -0.2) is 0 Å². The first-order chi connectivity index (χ1) is 9.56. The third kappa shape index (κ3) is 3.47. The number of anilines is 1. The summed E-state index contributed by atoms with van der Waals surface area (Å²) in [5, 5.41) is 13.5. The molecule has 20 heavy (non-hydrogen) atoms. The molecule has 1 heterocycles. The van der Waals surface area contributed by atoms with Gasteiger partial charge in [-0.3, -0.25) is 14.4 Å². The maximum absolute atomic E-state index is 11.8.